The van der Waals surface area contributed by atoms with E-state index in [1.54, 1.807) is 6.08 Å². The molecule has 3 heterocycles. The third-order valence-corrected chi connectivity index (χ3v) is 8.74. The van der Waals surface area contributed by atoms with Gasteiger partial charge in [-0.15, -0.1) is 0 Å². The molecule has 2 aliphatic heterocycles. The lowest BCUT2D eigenvalue weighted by Gasteiger charge is -2.20. The number of rotatable bonds is 13. The molecule has 0 aliphatic carbocycles. The molecule has 5 rings (SSSR count). The second-order valence-electron chi connectivity index (χ2n) is 10.7. The molecule has 1 amide bonds. The lowest BCUT2D eigenvalue weighted by atomic mass is 9.99. The Hall–Kier alpha value is -3.65. The van der Waals surface area contributed by atoms with Crippen molar-refractivity contribution < 1.29 is 9.53 Å². The highest BCUT2D eigenvalue weighted by Gasteiger charge is 2.35. The van der Waals surface area contributed by atoms with Crippen LogP contribution in [0.15, 0.2) is 70.4 Å². The van der Waals surface area contributed by atoms with Crippen molar-refractivity contribution >= 4 is 50.7 Å². The number of hydrazone groups is 1. The fraction of sp³-hybridized carbons (Fsp3) is 0.394. The summed E-state index contributed by atoms with van der Waals surface area (Å²) in [5, 5.41) is 17.4. The number of hydrogen-bond donors (Lipinski definition) is 1. The molecule has 0 fully saturated rings. The van der Waals surface area contributed by atoms with E-state index < -0.39 is 5.91 Å². The number of aromatic nitrogens is 1. The summed E-state index contributed by atoms with van der Waals surface area (Å²) in [5.74, 6) is 1.08. The monoisotopic (exact) mass is 569 g/mol. The Balaban J connectivity index is 1.29. The third-order valence-electron chi connectivity index (χ3n) is 7.77. The first-order chi connectivity index (χ1) is 20.0. The van der Waals surface area contributed by atoms with Crippen LogP contribution in [0.1, 0.15) is 82.8 Å². The highest BCUT2D eigenvalue weighted by Crippen LogP contribution is 2.32. The maximum Gasteiger partial charge on any atom is 0.283 e. The molecule has 7 nitrogen and oxygen atoms in total. The number of aliphatic imine (C=N–C) groups is 1. The number of para-hydroxylation sites is 1. The molecule has 0 bridgehead atoms. The second kappa shape index (κ2) is 13.3. The lowest BCUT2D eigenvalue weighted by Crippen LogP contribution is -2.35. The van der Waals surface area contributed by atoms with E-state index in [1.807, 2.05) is 36.5 Å². The molecule has 0 saturated carbocycles. The predicted octanol–water partition coefficient (Wildman–Crippen LogP) is 8.21. The Bertz CT molecular complexity index is 1500. The van der Waals surface area contributed by atoms with Crippen LogP contribution >= 0.6 is 11.8 Å². The van der Waals surface area contributed by atoms with Gasteiger partial charge >= 0.3 is 0 Å². The van der Waals surface area contributed by atoms with Gasteiger partial charge in [-0.3, -0.25) is 10.2 Å². The van der Waals surface area contributed by atoms with Crippen LogP contribution in [0.5, 0.6) is 5.75 Å². The second-order valence-corrected chi connectivity index (χ2v) is 11.7. The Morgan fingerprint density at radius 1 is 1.05 bits per heavy atom. The molecule has 1 atom stereocenters. The molecule has 214 valence electrons. The van der Waals surface area contributed by atoms with E-state index in [-0.39, 0.29) is 11.4 Å². The van der Waals surface area contributed by atoms with E-state index in [9.17, 15) is 4.79 Å². The first-order valence-corrected chi connectivity index (χ1v) is 15.6. The van der Waals surface area contributed by atoms with Crippen molar-refractivity contribution in [1.82, 2.24) is 9.58 Å². The molecule has 1 N–H and O–H groups in total. The average Bonchev–Trinajstić information content (AvgIpc) is 3.56. The van der Waals surface area contributed by atoms with E-state index in [2.05, 4.69) is 53.6 Å². The first kappa shape index (κ1) is 28.9. The number of nitrogens with zero attached hydrogens (tertiary/aromatic N) is 4. The molecular formula is C33H39N5O2S. The van der Waals surface area contributed by atoms with Gasteiger partial charge in [0.15, 0.2) is 5.84 Å². The van der Waals surface area contributed by atoms with Gasteiger partial charge in [-0.25, -0.2) is 0 Å². The van der Waals surface area contributed by atoms with Crippen LogP contribution in [0.3, 0.4) is 0 Å². The number of ether oxygens (including phenoxy) is 1. The van der Waals surface area contributed by atoms with Crippen LogP contribution in [0.4, 0.5) is 0 Å². The van der Waals surface area contributed by atoms with Crippen LogP contribution < -0.4 is 4.74 Å². The normalized spacial score (nSPS) is 16.8. The average molecular weight is 570 g/mol. The van der Waals surface area contributed by atoms with Crippen molar-refractivity contribution in [3.63, 3.8) is 0 Å². The van der Waals surface area contributed by atoms with Crippen molar-refractivity contribution in [2.24, 2.45) is 10.1 Å². The highest BCUT2D eigenvalue weighted by molar-refractivity contribution is 8.26. The fourth-order valence-electron chi connectivity index (χ4n) is 5.13. The van der Waals surface area contributed by atoms with Gasteiger partial charge in [0.25, 0.3) is 5.91 Å². The van der Waals surface area contributed by atoms with Crippen molar-refractivity contribution in [3.05, 3.63) is 71.4 Å². The number of hydrogen-bond acceptors (Lipinski definition) is 5. The number of nitrogens with one attached hydrogen (secondary N) is 1. The van der Waals surface area contributed by atoms with Gasteiger partial charge in [0.05, 0.1) is 12.1 Å². The lowest BCUT2D eigenvalue weighted by molar-refractivity contribution is -0.114. The fourth-order valence-corrected chi connectivity index (χ4v) is 6.06. The maximum absolute atomic E-state index is 13.0. The van der Waals surface area contributed by atoms with Crippen LogP contribution in [-0.2, 0) is 11.3 Å². The van der Waals surface area contributed by atoms with Gasteiger partial charge in [-0.1, -0.05) is 76.8 Å². The van der Waals surface area contributed by atoms with Crippen LogP contribution in [-0.4, -0.2) is 38.1 Å². The standard InChI is InChI=1S/C33H39N5O2S/c1-4-6-7-8-9-14-30-36-38-31(34)28(32(39)35-33(38)41-30)21-25-22-37(29-13-11-10-12-27(25)29)19-20-40-26-17-15-24(16-18-26)23(3)5-2/h10-13,15-18,21-23,34H,4-9,14,19-20H2,1-3H3/b28-21-,34-31?. The quantitative estimate of drug-likeness (QED) is 0.166. The van der Waals surface area contributed by atoms with Gasteiger partial charge < -0.3 is 9.30 Å². The Morgan fingerprint density at radius 3 is 2.61 bits per heavy atom. The van der Waals surface area contributed by atoms with Gasteiger partial charge in [0.1, 0.15) is 17.4 Å². The number of thioether (sulfide) groups is 1. The van der Waals surface area contributed by atoms with Crippen LogP contribution in [0.25, 0.3) is 17.0 Å². The molecule has 0 saturated heterocycles. The van der Waals surface area contributed by atoms with Gasteiger partial charge in [-0.05, 0) is 66.8 Å². The number of amidine groups is 2. The van der Waals surface area contributed by atoms with Gasteiger partial charge in [0.2, 0.25) is 5.17 Å². The summed E-state index contributed by atoms with van der Waals surface area (Å²) >= 11 is 1.41. The maximum atomic E-state index is 13.0. The molecular weight excluding hydrogens is 530 g/mol. The molecule has 0 radical (unpaired) electrons. The Kier molecular flexibility index (Phi) is 9.39. The van der Waals surface area contributed by atoms with Gasteiger partial charge in [-0.2, -0.15) is 15.1 Å². The highest BCUT2D eigenvalue weighted by atomic mass is 32.2. The third kappa shape index (κ3) is 6.64. The summed E-state index contributed by atoms with van der Waals surface area (Å²) < 4.78 is 8.20. The van der Waals surface area contributed by atoms with Crippen molar-refractivity contribution in [2.45, 2.75) is 78.2 Å². The summed E-state index contributed by atoms with van der Waals surface area (Å²) in [7, 11) is 0. The van der Waals surface area contributed by atoms with E-state index in [4.69, 9.17) is 10.1 Å². The topological polar surface area (TPSA) is 83.0 Å². The van der Waals surface area contributed by atoms with E-state index in [0.717, 1.165) is 46.5 Å². The van der Waals surface area contributed by atoms with E-state index in [1.165, 1.54) is 48.0 Å². The summed E-state index contributed by atoms with van der Waals surface area (Å²) in [6, 6.07) is 16.5. The van der Waals surface area contributed by atoms with Crippen molar-refractivity contribution in [3.8, 4) is 5.75 Å². The predicted molar refractivity (Wildman–Crippen MR) is 171 cm³/mol. The van der Waals surface area contributed by atoms with Crippen LogP contribution in [0.2, 0.25) is 0 Å². The van der Waals surface area contributed by atoms with E-state index in [0.29, 0.717) is 24.2 Å². The molecule has 3 aromatic rings. The number of amides is 1. The molecule has 0 spiro atoms. The van der Waals surface area contributed by atoms with Crippen molar-refractivity contribution in [2.75, 3.05) is 6.61 Å². The van der Waals surface area contributed by atoms with Crippen LogP contribution in [0, 0.1) is 5.41 Å². The molecule has 8 heteroatoms. The molecule has 2 aliphatic rings. The number of unbranched alkanes of at least 4 members (excludes halogenated alkanes) is 4. The molecule has 1 aromatic heterocycles. The summed E-state index contributed by atoms with van der Waals surface area (Å²) in [6.45, 7) is 7.81. The smallest absolute Gasteiger partial charge is 0.283 e. The zero-order valence-electron chi connectivity index (χ0n) is 24.2. The number of carbonyl (C=O) groups excluding carboxylic acids is 1. The summed E-state index contributed by atoms with van der Waals surface area (Å²) in [5.41, 5.74) is 3.50. The summed E-state index contributed by atoms with van der Waals surface area (Å²) in [4.78, 5) is 17.3. The van der Waals surface area contributed by atoms with E-state index >= 15 is 0 Å². The molecule has 2 aromatic carbocycles. The minimum atomic E-state index is -0.394. The molecule has 41 heavy (non-hydrogen) atoms. The van der Waals surface area contributed by atoms with Crippen molar-refractivity contribution in [1.29, 1.82) is 5.41 Å². The zero-order valence-corrected chi connectivity index (χ0v) is 25.0. The largest absolute Gasteiger partial charge is 0.492 e. The number of fused-ring (bicyclic) bond motifs is 2. The Labute approximate surface area is 246 Å². The molecule has 1 unspecified atom stereocenters. The zero-order chi connectivity index (χ0) is 28.8. The number of benzene rings is 2. The number of carbonyl (C=O) groups is 1. The minimum Gasteiger partial charge on any atom is -0.492 e. The van der Waals surface area contributed by atoms with Gasteiger partial charge in [0, 0.05) is 22.7 Å². The summed E-state index contributed by atoms with van der Waals surface area (Å²) in [6.07, 6.45) is 11.7. The minimum absolute atomic E-state index is 0.0782. The SMILES string of the molecule is CCCCCCCC1=NN2C(=N)/C(=C/c3cn(CCOc4ccc(C(C)CC)cc4)c4ccccc34)C(=O)N=C2S1. The Morgan fingerprint density at radius 2 is 1.83 bits per heavy atom. The first-order valence-electron chi connectivity index (χ1n) is 14.8.